The molecule has 0 radical (unpaired) electrons. The Morgan fingerprint density at radius 2 is 1.89 bits per heavy atom. The number of hydrogen-bond donors (Lipinski definition) is 1. The van der Waals surface area contributed by atoms with E-state index in [-0.39, 0.29) is 17.4 Å². The van der Waals surface area contributed by atoms with Gasteiger partial charge in [-0.05, 0) is 25.0 Å². The van der Waals surface area contributed by atoms with Crippen LogP contribution in [0.1, 0.15) is 63.5 Å². The van der Waals surface area contributed by atoms with Gasteiger partial charge >= 0.3 is 0 Å². The van der Waals surface area contributed by atoms with Crippen molar-refractivity contribution in [1.82, 2.24) is 10.3 Å². The van der Waals surface area contributed by atoms with E-state index < -0.39 is 0 Å². The topological polar surface area (TPSA) is 42.0 Å². The van der Waals surface area contributed by atoms with Crippen LogP contribution < -0.4 is 5.32 Å². The molecule has 0 unspecified atom stereocenters. The van der Waals surface area contributed by atoms with E-state index in [0.717, 1.165) is 18.5 Å². The lowest BCUT2D eigenvalue weighted by atomic mass is 9.91. The van der Waals surface area contributed by atoms with Crippen LogP contribution >= 0.6 is 11.6 Å². The van der Waals surface area contributed by atoms with Crippen LogP contribution in [0.3, 0.4) is 0 Å². The molecule has 3 nitrogen and oxygen atoms in total. The van der Waals surface area contributed by atoms with Crippen LogP contribution in [0.2, 0.25) is 5.15 Å². The average Bonchev–Trinajstić information content (AvgIpc) is 2.33. The number of rotatable bonds is 4. The van der Waals surface area contributed by atoms with E-state index in [1.54, 1.807) is 6.07 Å². The summed E-state index contributed by atoms with van der Waals surface area (Å²) in [7, 11) is 0. The van der Waals surface area contributed by atoms with Crippen molar-refractivity contribution in [3.05, 3.63) is 28.5 Å². The summed E-state index contributed by atoms with van der Waals surface area (Å²) in [5, 5.41) is 3.38. The standard InChI is InChI=1S/C15H23ClN2O/c1-6-11(7-2)17-14(19)10-8-12(15(3,4)5)18-13(16)9-10/h8-9,11H,6-7H2,1-5H3,(H,17,19). The number of carbonyl (C=O) groups excluding carboxylic acids is 1. The molecule has 4 heteroatoms. The number of hydrogen-bond acceptors (Lipinski definition) is 2. The van der Waals surface area contributed by atoms with Crippen molar-refractivity contribution in [3.8, 4) is 0 Å². The van der Waals surface area contributed by atoms with Gasteiger partial charge in [0.2, 0.25) is 0 Å². The minimum atomic E-state index is -0.130. The van der Waals surface area contributed by atoms with Crippen LogP contribution in [0.15, 0.2) is 12.1 Å². The third kappa shape index (κ3) is 4.50. The van der Waals surface area contributed by atoms with Crippen molar-refractivity contribution in [1.29, 1.82) is 0 Å². The number of pyridine rings is 1. The van der Waals surface area contributed by atoms with Crippen molar-refractivity contribution < 1.29 is 4.79 Å². The first-order chi connectivity index (χ1) is 8.77. The van der Waals surface area contributed by atoms with Gasteiger partial charge in [0, 0.05) is 22.7 Å². The molecule has 106 valence electrons. The minimum Gasteiger partial charge on any atom is -0.349 e. The molecule has 0 aliphatic heterocycles. The number of halogens is 1. The van der Waals surface area contributed by atoms with Gasteiger partial charge in [-0.1, -0.05) is 46.2 Å². The second-order valence-corrected chi connectivity index (χ2v) is 6.19. The molecule has 19 heavy (non-hydrogen) atoms. The predicted octanol–water partition coefficient (Wildman–Crippen LogP) is 3.95. The molecular weight excluding hydrogens is 260 g/mol. The molecule has 0 aromatic carbocycles. The first-order valence-electron chi connectivity index (χ1n) is 6.76. The van der Waals surface area contributed by atoms with E-state index in [1.165, 1.54) is 0 Å². The van der Waals surface area contributed by atoms with Crippen LogP contribution in [-0.4, -0.2) is 16.9 Å². The molecule has 0 atom stereocenters. The lowest BCUT2D eigenvalue weighted by Gasteiger charge is -2.20. The molecule has 1 aromatic heterocycles. The average molecular weight is 283 g/mol. The van der Waals surface area contributed by atoms with E-state index >= 15 is 0 Å². The van der Waals surface area contributed by atoms with E-state index in [4.69, 9.17) is 11.6 Å². The van der Waals surface area contributed by atoms with Gasteiger partial charge in [0.1, 0.15) is 5.15 Å². The Balaban J connectivity index is 3.01. The van der Waals surface area contributed by atoms with Crippen molar-refractivity contribution in [2.45, 2.75) is 58.9 Å². The fourth-order valence-electron chi connectivity index (χ4n) is 1.77. The lowest BCUT2D eigenvalue weighted by molar-refractivity contribution is 0.0934. The zero-order valence-electron chi connectivity index (χ0n) is 12.4. The van der Waals surface area contributed by atoms with Gasteiger partial charge in [-0.15, -0.1) is 0 Å². The molecule has 1 N–H and O–H groups in total. The number of nitrogens with one attached hydrogen (secondary N) is 1. The molecule has 1 amide bonds. The van der Waals surface area contributed by atoms with Crippen LogP contribution in [0.4, 0.5) is 0 Å². The van der Waals surface area contributed by atoms with Gasteiger partial charge in [0.25, 0.3) is 5.91 Å². The van der Waals surface area contributed by atoms with Gasteiger partial charge in [-0.3, -0.25) is 4.79 Å². The fraction of sp³-hybridized carbons (Fsp3) is 0.600. The SMILES string of the molecule is CCC(CC)NC(=O)c1cc(Cl)nc(C(C)(C)C)c1. The summed E-state index contributed by atoms with van der Waals surface area (Å²) in [4.78, 5) is 16.5. The van der Waals surface area contributed by atoms with Gasteiger partial charge in [0.05, 0.1) is 0 Å². The molecule has 0 spiro atoms. The third-order valence-corrected chi connectivity index (χ3v) is 3.34. The molecule has 0 fully saturated rings. The summed E-state index contributed by atoms with van der Waals surface area (Å²) in [6, 6.07) is 3.65. The number of nitrogens with zero attached hydrogens (tertiary/aromatic N) is 1. The second kappa shape index (κ2) is 6.38. The molecule has 1 aromatic rings. The fourth-order valence-corrected chi connectivity index (χ4v) is 1.98. The second-order valence-electron chi connectivity index (χ2n) is 5.80. The van der Waals surface area contributed by atoms with E-state index in [2.05, 4.69) is 24.1 Å². The van der Waals surface area contributed by atoms with Gasteiger partial charge in [-0.25, -0.2) is 4.98 Å². The first-order valence-corrected chi connectivity index (χ1v) is 7.14. The largest absolute Gasteiger partial charge is 0.349 e. The maximum atomic E-state index is 12.2. The molecule has 0 saturated heterocycles. The Kier molecular flexibility index (Phi) is 5.36. The Morgan fingerprint density at radius 1 is 1.32 bits per heavy atom. The quantitative estimate of drug-likeness (QED) is 0.850. The van der Waals surface area contributed by atoms with Crippen molar-refractivity contribution in [2.24, 2.45) is 0 Å². The summed E-state index contributed by atoms with van der Waals surface area (Å²) in [6.45, 7) is 10.3. The third-order valence-electron chi connectivity index (χ3n) is 3.15. The molecule has 0 saturated carbocycles. The highest BCUT2D eigenvalue weighted by Gasteiger charge is 2.19. The predicted molar refractivity (Wildman–Crippen MR) is 79.8 cm³/mol. The summed E-state index contributed by atoms with van der Waals surface area (Å²) in [6.07, 6.45) is 1.85. The van der Waals surface area contributed by atoms with E-state index in [0.29, 0.717) is 10.7 Å². The van der Waals surface area contributed by atoms with Gasteiger partial charge < -0.3 is 5.32 Å². The molecule has 1 heterocycles. The van der Waals surface area contributed by atoms with Crippen LogP contribution in [-0.2, 0) is 5.41 Å². The van der Waals surface area contributed by atoms with Crippen molar-refractivity contribution >= 4 is 17.5 Å². The van der Waals surface area contributed by atoms with Crippen LogP contribution in [0, 0.1) is 0 Å². The normalized spacial score (nSPS) is 11.7. The van der Waals surface area contributed by atoms with Crippen molar-refractivity contribution in [3.63, 3.8) is 0 Å². The van der Waals surface area contributed by atoms with Gasteiger partial charge in [0.15, 0.2) is 0 Å². The van der Waals surface area contributed by atoms with Gasteiger partial charge in [-0.2, -0.15) is 0 Å². The van der Waals surface area contributed by atoms with Crippen LogP contribution in [0.5, 0.6) is 0 Å². The first kappa shape index (κ1) is 16.0. The van der Waals surface area contributed by atoms with Crippen molar-refractivity contribution in [2.75, 3.05) is 0 Å². The monoisotopic (exact) mass is 282 g/mol. The summed E-state index contributed by atoms with van der Waals surface area (Å²) in [5.41, 5.74) is 1.28. The molecule has 0 aliphatic rings. The molecule has 1 rings (SSSR count). The summed E-state index contributed by atoms with van der Waals surface area (Å²) in [5.74, 6) is -0.0801. The molecular formula is C15H23ClN2O. The van der Waals surface area contributed by atoms with E-state index in [9.17, 15) is 4.79 Å². The maximum absolute atomic E-state index is 12.2. The highest BCUT2D eigenvalue weighted by atomic mass is 35.5. The Hall–Kier alpha value is -1.09. The lowest BCUT2D eigenvalue weighted by Crippen LogP contribution is -2.34. The minimum absolute atomic E-state index is 0.0801. The van der Waals surface area contributed by atoms with E-state index in [1.807, 2.05) is 26.8 Å². The smallest absolute Gasteiger partial charge is 0.251 e. The Morgan fingerprint density at radius 3 is 2.37 bits per heavy atom. The highest BCUT2D eigenvalue weighted by molar-refractivity contribution is 6.29. The Labute approximate surface area is 120 Å². The Bertz CT molecular complexity index is 448. The summed E-state index contributed by atoms with van der Waals surface area (Å²) < 4.78 is 0. The maximum Gasteiger partial charge on any atom is 0.251 e. The summed E-state index contributed by atoms with van der Waals surface area (Å²) >= 11 is 6.01. The number of amides is 1. The number of aromatic nitrogens is 1. The molecule has 0 bridgehead atoms. The zero-order valence-corrected chi connectivity index (χ0v) is 13.1. The highest BCUT2D eigenvalue weighted by Crippen LogP contribution is 2.23. The zero-order chi connectivity index (χ0) is 14.6. The molecule has 0 aliphatic carbocycles. The number of carbonyl (C=O) groups is 1. The van der Waals surface area contributed by atoms with Crippen LogP contribution in [0.25, 0.3) is 0 Å².